The standard InChI is InChI=1S/C24H18FN3O6S/c1-15-2-8-18(9-3-15)27-22(29)14-35(33,34)24(27)20-12-19(28(31)32)10-11-21(20)26(23(24)30)13-16-4-6-17(25)7-5-16/h2-12H,13-14H2,1H3. The molecule has 1 saturated heterocycles. The fourth-order valence-electron chi connectivity index (χ4n) is 4.66. The summed E-state index contributed by atoms with van der Waals surface area (Å²) in [5.74, 6) is -3.16. The van der Waals surface area contributed by atoms with Crippen LogP contribution in [0.2, 0.25) is 0 Å². The number of amides is 2. The van der Waals surface area contributed by atoms with Crippen molar-refractivity contribution in [2.45, 2.75) is 18.3 Å². The number of nitrogens with zero attached hydrogens (tertiary/aromatic N) is 3. The maximum atomic E-state index is 14.1. The molecule has 0 saturated carbocycles. The number of halogens is 1. The van der Waals surface area contributed by atoms with E-state index in [1.54, 1.807) is 12.1 Å². The van der Waals surface area contributed by atoms with Crippen molar-refractivity contribution in [1.29, 1.82) is 0 Å². The summed E-state index contributed by atoms with van der Waals surface area (Å²) in [5.41, 5.74) is 1.08. The molecule has 3 aromatic carbocycles. The molecule has 11 heteroatoms. The Kier molecular flexibility index (Phi) is 4.99. The Morgan fingerprint density at radius 1 is 1.03 bits per heavy atom. The number of fused-ring (bicyclic) bond motifs is 2. The molecule has 1 fully saturated rings. The Labute approximate surface area is 199 Å². The normalized spacial score (nSPS) is 20.5. The Morgan fingerprint density at radius 2 is 1.69 bits per heavy atom. The van der Waals surface area contributed by atoms with Crippen molar-refractivity contribution >= 4 is 38.7 Å². The number of rotatable bonds is 4. The molecule has 5 rings (SSSR count). The van der Waals surface area contributed by atoms with E-state index in [4.69, 9.17) is 0 Å². The Morgan fingerprint density at radius 3 is 2.31 bits per heavy atom. The summed E-state index contributed by atoms with van der Waals surface area (Å²) in [5, 5.41) is 11.5. The molecule has 0 aromatic heterocycles. The average Bonchev–Trinajstić information content (AvgIpc) is 3.18. The molecular formula is C24H18FN3O6S. The van der Waals surface area contributed by atoms with Gasteiger partial charge in [-0.1, -0.05) is 29.8 Å². The van der Waals surface area contributed by atoms with Crippen molar-refractivity contribution in [3.8, 4) is 0 Å². The van der Waals surface area contributed by atoms with Crippen LogP contribution >= 0.6 is 0 Å². The molecule has 2 aliphatic heterocycles. The lowest BCUT2D eigenvalue weighted by Crippen LogP contribution is -2.54. The number of non-ortho nitro benzene ring substituents is 1. The zero-order valence-corrected chi connectivity index (χ0v) is 19.2. The van der Waals surface area contributed by atoms with E-state index < -0.39 is 48.7 Å². The first-order chi connectivity index (χ1) is 16.6. The highest BCUT2D eigenvalue weighted by molar-refractivity contribution is 7.94. The predicted octanol–water partition coefficient (Wildman–Crippen LogP) is 3.20. The molecular weight excluding hydrogens is 477 g/mol. The van der Waals surface area contributed by atoms with Gasteiger partial charge in [0.25, 0.3) is 16.5 Å². The number of carbonyl (C=O) groups is 2. The highest BCUT2D eigenvalue weighted by atomic mass is 32.2. The third-order valence-corrected chi connectivity index (χ3v) is 8.36. The van der Waals surface area contributed by atoms with Gasteiger partial charge in [0, 0.05) is 23.4 Å². The fourth-order valence-corrected chi connectivity index (χ4v) is 6.69. The van der Waals surface area contributed by atoms with E-state index in [2.05, 4.69) is 0 Å². The van der Waals surface area contributed by atoms with Gasteiger partial charge in [-0.05, 0) is 42.8 Å². The first-order valence-corrected chi connectivity index (χ1v) is 12.2. The van der Waals surface area contributed by atoms with Crippen LogP contribution in [0.3, 0.4) is 0 Å². The number of sulfone groups is 1. The Hall–Kier alpha value is -4.12. The predicted molar refractivity (Wildman–Crippen MR) is 125 cm³/mol. The van der Waals surface area contributed by atoms with Crippen molar-refractivity contribution in [2.75, 3.05) is 15.6 Å². The molecule has 1 spiro atoms. The number of carbonyl (C=O) groups excluding carboxylic acids is 2. The maximum absolute atomic E-state index is 14.1. The molecule has 2 heterocycles. The van der Waals surface area contributed by atoms with Gasteiger partial charge >= 0.3 is 0 Å². The van der Waals surface area contributed by atoms with Crippen LogP contribution in [0, 0.1) is 22.9 Å². The van der Waals surface area contributed by atoms with Crippen LogP contribution < -0.4 is 9.80 Å². The molecule has 0 bridgehead atoms. The smallest absolute Gasteiger partial charge is 0.274 e. The Bertz CT molecular complexity index is 1510. The number of benzene rings is 3. The van der Waals surface area contributed by atoms with Crippen molar-refractivity contribution in [3.05, 3.63) is 99.4 Å². The van der Waals surface area contributed by atoms with E-state index in [1.807, 2.05) is 6.92 Å². The summed E-state index contributed by atoms with van der Waals surface area (Å²) < 4.78 is 40.6. The van der Waals surface area contributed by atoms with Gasteiger partial charge < -0.3 is 4.90 Å². The number of anilines is 2. The van der Waals surface area contributed by atoms with E-state index in [1.165, 1.54) is 53.4 Å². The van der Waals surface area contributed by atoms with E-state index >= 15 is 0 Å². The van der Waals surface area contributed by atoms with Gasteiger partial charge in [-0.2, -0.15) is 0 Å². The molecule has 0 N–H and O–H groups in total. The summed E-state index contributed by atoms with van der Waals surface area (Å²) in [6.45, 7) is 1.68. The number of nitro benzene ring substituents is 1. The topological polar surface area (TPSA) is 118 Å². The first-order valence-electron chi connectivity index (χ1n) is 10.5. The largest absolute Gasteiger partial charge is 0.304 e. The summed E-state index contributed by atoms with van der Waals surface area (Å²) in [4.78, 5) is 37.6. The highest BCUT2D eigenvalue weighted by Crippen LogP contribution is 2.53. The molecule has 2 amide bonds. The molecule has 1 unspecified atom stereocenters. The zero-order valence-electron chi connectivity index (χ0n) is 18.3. The second kappa shape index (κ2) is 7.70. The van der Waals surface area contributed by atoms with Gasteiger partial charge in [0.2, 0.25) is 5.91 Å². The van der Waals surface area contributed by atoms with Crippen LogP contribution in [0.5, 0.6) is 0 Å². The summed E-state index contributed by atoms with van der Waals surface area (Å²) >= 11 is 0. The van der Waals surface area contributed by atoms with Crippen LogP contribution in [0.25, 0.3) is 0 Å². The number of hydrogen-bond acceptors (Lipinski definition) is 6. The molecule has 0 aliphatic carbocycles. The van der Waals surface area contributed by atoms with Crippen LogP contribution in [-0.2, 0) is 30.8 Å². The van der Waals surface area contributed by atoms with Crippen molar-refractivity contribution < 1.29 is 27.3 Å². The highest BCUT2D eigenvalue weighted by Gasteiger charge is 2.70. The molecule has 0 radical (unpaired) electrons. The molecule has 3 aromatic rings. The SMILES string of the molecule is Cc1ccc(N2C(=O)CS(=O)(=O)C23C(=O)N(Cc2ccc(F)cc2)c2ccc([N+](=O)[O-])cc23)cc1. The molecule has 2 aliphatic rings. The summed E-state index contributed by atoms with van der Waals surface area (Å²) in [6, 6.07) is 15.2. The third-order valence-electron chi connectivity index (χ3n) is 6.26. The van der Waals surface area contributed by atoms with Crippen molar-refractivity contribution in [3.63, 3.8) is 0 Å². The van der Waals surface area contributed by atoms with E-state index in [0.29, 0.717) is 5.56 Å². The van der Waals surface area contributed by atoms with Gasteiger partial charge in [-0.15, -0.1) is 0 Å². The first kappa shape index (κ1) is 22.7. The van der Waals surface area contributed by atoms with Gasteiger partial charge in [-0.3, -0.25) is 24.6 Å². The lowest BCUT2D eigenvalue weighted by molar-refractivity contribution is -0.384. The zero-order chi connectivity index (χ0) is 25.1. The van der Waals surface area contributed by atoms with Crippen molar-refractivity contribution in [1.82, 2.24) is 0 Å². The van der Waals surface area contributed by atoms with Crippen LogP contribution in [0.15, 0.2) is 66.7 Å². The lowest BCUT2D eigenvalue weighted by atomic mass is 10.0. The minimum absolute atomic E-state index is 0.125. The second-order valence-corrected chi connectivity index (χ2v) is 10.6. The quantitative estimate of drug-likeness (QED) is 0.405. The van der Waals surface area contributed by atoms with E-state index in [9.17, 15) is 32.5 Å². The van der Waals surface area contributed by atoms with E-state index in [-0.39, 0.29) is 23.5 Å². The van der Waals surface area contributed by atoms with Gasteiger partial charge in [-0.25, -0.2) is 12.8 Å². The minimum atomic E-state index is -4.48. The maximum Gasteiger partial charge on any atom is 0.274 e. The molecule has 178 valence electrons. The van der Waals surface area contributed by atoms with E-state index in [0.717, 1.165) is 16.5 Å². The monoisotopic (exact) mass is 495 g/mol. The molecule has 9 nitrogen and oxygen atoms in total. The summed E-state index contributed by atoms with van der Waals surface area (Å²) in [6.07, 6.45) is 0. The molecule has 35 heavy (non-hydrogen) atoms. The van der Waals surface area contributed by atoms with Gasteiger partial charge in [0.05, 0.1) is 17.2 Å². The lowest BCUT2D eigenvalue weighted by Gasteiger charge is -2.32. The van der Waals surface area contributed by atoms with Crippen LogP contribution in [0.4, 0.5) is 21.5 Å². The fraction of sp³-hybridized carbons (Fsp3) is 0.167. The average molecular weight is 495 g/mol. The van der Waals surface area contributed by atoms with Gasteiger partial charge in [0.15, 0.2) is 9.84 Å². The second-order valence-electron chi connectivity index (χ2n) is 8.44. The Balaban J connectivity index is 1.78. The summed E-state index contributed by atoms with van der Waals surface area (Å²) in [7, 11) is -4.48. The van der Waals surface area contributed by atoms with Crippen LogP contribution in [0.1, 0.15) is 16.7 Å². The minimum Gasteiger partial charge on any atom is -0.304 e. The number of hydrogen-bond donors (Lipinski definition) is 0. The third kappa shape index (κ3) is 3.22. The van der Waals surface area contributed by atoms with Crippen LogP contribution in [-0.4, -0.2) is 30.9 Å². The van der Waals surface area contributed by atoms with Gasteiger partial charge in [0.1, 0.15) is 11.6 Å². The number of nitro groups is 1. The number of aryl methyl sites for hydroxylation is 1. The molecule has 1 atom stereocenters. The van der Waals surface area contributed by atoms with Crippen molar-refractivity contribution in [2.24, 2.45) is 0 Å².